The molecule has 0 unspecified atom stereocenters. The number of nitrogens with zero attached hydrogens (tertiary/aromatic N) is 3. The minimum atomic E-state index is -0.0801. The summed E-state index contributed by atoms with van der Waals surface area (Å²) >= 11 is 0. The van der Waals surface area contributed by atoms with Gasteiger partial charge in [0.15, 0.2) is 0 Å². The molecule has 1 aliphatic carbocycles. The van der Waals surface area contributed by atoms with Crippen LogP contribution in [0.3, 0.4) is 0 Å². The van der Waals surface area contributed by atoms with Gasteiger partial charge in [-0.3, -0.25) is 4.79 Å². The van der Waals surface area contributed by atoms with Crippen LogP contribution in [0.25, 0.3) is 0 Å². The van der Waals surface area contributed by atoms with Crippen LogP contribution < -0.4 is 10.5 Å². The molecule has 3 rings (SSSR count). The van der Waals surface area contributed by atoms with Gasteiger partial charge < -0.3 is 15.1 Å². The minimum absolute atomic E-state index is 0.0801. The van der Waals surface area contributed by atoms with Gasteiger partial charge in [0.25, 0.3) is 5.56 Å². The van der Waals surface area contributed by atoms with Crippen molar-refractivity contribution in [2.24, 2.45) is 5.16 Å². The lowest BCUT2D eigenvalue weighted by Crippen LogP contribution is -2.35. The summed E-state index contributed by atoms with van der Waals surface area (Å²) in [6.45, 7) is 1.50. The molecule has 2 aliphatic rings. The summed E-state index contributed by atoms with van der Waals surface area (Å²) in [6.07, 6.45) is 3.69. The van der Waals surface area contributed by atoms with E-state index in [2.05, 4.69) is 20.0 Å². The highest BCUT2D eigenvalue weighted by Gasteiger charge is 2.27. The van der Waals surface area contributed by atoms with Gasteiger partial charge in [0.2, 0.25) is 0 Å². The quantitative estimate of drug-likeness (QED) is 0.606. The fourth-order valence-electron chi connectivity index (χ4n) is 2.27. The van der Waals surface area contributed by atoms with Crippen LogP contribution in [0.2, 0.25) is 0 Å². The first-order chi connectivity index (χ1) is 8.76. The lowest BCUT2D eigenvalue weighted by molar-refractivity contribution is 0.315. The smallest absolute Gasteiger partial charge is 0.252 e. The number of anilines is 1. The average molecular weight is 248 g/mol. The molecule has 1 saturated carbocycles. The number of aromatic amines is 1. The Morgan fingerprint density at radius 1 is 1.39 bits per heavy atom. The third kappa shape index (κ3) is 2.23. The molecule has 6 nitrogen and oxygen atoms in total. The first kappa shape index (κ1) is 11.3. The van der Waals surface area contributed by atoms with E-state index in [-0.39, 0.29) is 5.56 Å². The molecule has 1 aromatic rings. The number of rotatable bonds is 2. The summed E-state index contributed by atoms with van der Waals surface area (Å²) in [6, 6.07) is 1.55. The van der Waals surface area contributed by atoms with Crippen molar-refractivity contribution in [3.05, 3.63) is 22.2 Å². The molecule has 0 amide bonds. The van der Waals surface area contributed by atoms with E-state index in [1.807, 2.05) is 0 Å². The topological polar surface area (TPSA) is 81.6 Å². The van der Waals surface area contributed by atoms with Crippen LogP contribution in [-0.4, -0.2) is 34.0 Å². The van der Waals surface area contributed by atoms with Crippen LogP contribution in [-0.2, 0) is 0 Å². The molecule has 2 fully saturated rings. The Balaban J connectivity index is 1.81. The lowest BCUT2D eigenvalue weighted by Gasteiger charge is -2.28. The summed E-state index contributed by atoms with van der Waals surface area (Å²) in [5.41, 5.74) is 0.738. The van der Waals surface area contributed by atoms with Crippen molar-refractivity contribution in [2.45, 2.75) is 31.6 Å². The zero-order valence-corrected chi connectivity index (χ0v) is 10.1. The highest BCUT2D eigenvalue weighted by Crippen LogP contribution is 2.37. The predicted octanol–water partition coefficient (Wildman–Crippen LogP) is 1.08. The third-order valence-electron chi connectivity index (χ3n) is 3.52. The van der Waals surface area contributed by atoms with Crippen molar-refractivity contribution in [3.63, 3.8) is 0 Å². The monoisotopic (exact) mass is 248 g/mol. The first-order valence-electron chi connectivity index (χ1n) is 6.32. The molecular formula is C12H16N4O2. The van der Waals surface area contributed by atoms with Gasteiger partial charge in [-0.05, 0) is 12.8 Å². The van der Waals surface area contributed by atoms with Gasteiger partial charge in [0.1, 0.15) is 11.6 Å². The van der Waals surface area contributed by atoms with E-state index in [0.717, 1.165) is 56.1 Å². The fraction of sp³-hybridized carbons (Fsp3) is 0.583. The fourth-order valence-corrected chi connectivity index (χ4v) is 2.27. The van der Waals surface area contributed by atoms with E-state index < -0.39 is 0 Å². The molecule has 0 bridgehead atoms. The average Bonchev–Trinajstić information content (AvgIpc) is 3.22. The Morgan fingerprint density at radius 3 is 2.72 bits per heavy atom. The minimum Gasteiger partial charge on any atom is -0.411 e. The number of hydrogen-bond acceptors (Lipinski definition) is 5. The maximum atomic E-state index is 11.6. The summed E-state index contributed by atoms with van der Waals surface area (Å²) in [5.74, 6) is 2.01. The molecule has 2 heterocycles. The summed E-state index contributed by atoms with van der Waals surface area (Å²) in [4.78, 5) is 21.0. The van der Waals surface area contributed by atoms with Crippen LogP contribution in [0.5, 0.6) is 0 Å². The molecule has 0 radical (unpaired) electrons. The summed E-state index contributed by atoms with van der Waals surface area (Å²) in [7, 11) is 0. The van der Waals surface area contributed by atoms with E-state index in [1.165, 1.54) is 0 Å². The van der Waals surface area contributed by atoms with E-state index in [0.29, 0.717) is 5.92 Å². The standard InChI is InChI=1S/C12H16N4O2/c17-11-7-10(13-12(14-11)8-1-2-8)16-5-3-9(15-18)4-6-16/h7-8,18H,1-6H2,(H,13,14,17). The van der Waals surface area contributed by atoms with Gasteiger partial charge in [0, 0.05) is 37.9 Å². The molecule has 2 N–H and O–H groups in total. The Hall–Kier alpha value is -1.85. The maximum absolute atomic E-state index is 11.6. The zero-order valence-electron chi connectivity index (χ0n) is 10.1. The van der Waals surface area contributed by atoms with Gasteiger partial charge in [0.05, 0.1) is 5.71 Å². The van der Waals surface area contributed by atoms with Gasteiger partial charge in [-0.15, -0.1) is 0 Å². The van der Waals surface area contributed by atoms with Gasteiger partial charge in [-0.1, -0.05) is 5.16 Å². The molecule has 0 aromatic carbocycles. The summed E-state index contributed by atoms with van der Waals surface area (Å²) in [5, 5.41) is 12.0. The second-order valence-electron chi connectivity index (χ2n) is 4.92. The van der Waals surface area contributed by atoms with E-state index >= 15 is 0 Å². The largest absolute Gasteiger partial charge is 0.411 e. The third-order valence-corrected chi connectivity index (χ3v) is 3.52. The van der Waals surface area contributed by atoms with Crippen LogP contribution in [0.15, 0.2) is 16.0 Å². The zero-order chi connectivity index (χ0) is 12.5. The second-order valence-corrected chi connectivity index (χ2v) is 4.92. The highest BCUT2D eigenvalue weighted by molar-refractivity contribution is 5.85. The van der Waals surface area contributed by atoms with E-state index in [9.17, 15) is 4.79 Å². The molecule has 0 atom stereocenters. The molecule has 1 saturated heterocycles. The Bertz CT molecular complexity index is 523. The van der Waals surface area contributed by atoms with Gasteiger partial charge >= 0.3 is 0 Å². The van der Waals surface area contributed by atoms with Crippen LogP contribution in [0.1, 0.15) is 37.4 Å². The molecular weight excluding hydrogens is 232 g/mol. The molecule has 18 heavy (non-hydrogen) atoms. The summed E-state index contributed by atoms with van der Waals surface area (Å²) < 4.78 is 0. The van der Waals surface area contributed by atoms with E-state index in [4.69, 9.17) is 5.21 Å². The Kier molecular flexibility index (Phi) is 2.77. The first-order valence-corrected chi connectivity index (χ1v) is 6.32. The van der Waals surface area contributed by atoms with Crippen molar-refractivity contribution < 1.29 is 5.21 Å². The van der Waals surface area contributed by atoms with Gasteiger partial charge in [-0.2, -0.15) is 0 Å². The van der Waals surface area contributed by atoms with Crippen LogP contribution in [0.4, 0.5) is 5.82 Å². The number of nitrogens with one attached hydrogen (secondary N) is 1. The van der Waals surface area contributed by atoms with E-state index in [1.54, 1.807) is 6.07 Å². The molecule has 1 aliphatic heterocycles. The van der Waals surface area contributed by atoms with Crippen molar-refractivity contribution in [1.82, 2.24) is 9.97 Å². The SMILES string of the molecule is O=c1cc(N2CCC(=NO)CC2)nc(C2CC2)[nH]1. The van der Waals surface area contributed by atoms with Crippen molar-refractivity contribution in [3.8, 4) is 0 Å². The van der Waals surface area contributed by atoms with Crippen LogP contribution in [0, 0.1) is 0 Å². The normalized spacial score (nSPS) is 20.0. The molecule has 6 heteroatoms. The predicted molar refractivity (Wildman–Crippen MR) is 67.5 cm³/mol. The number of piperidine rings is 1. The molecule has 96 valence electrons. The number of H-pyrrole nitrogens is 1. The van der Waals surface area contributed by atoms with Crippen LogP contribution >= 0.6 is 0 Å². The number of aromatic nitrogens is 2. The van der Waals surface area contributed by atoms with Crippen molar-refractivity contribution >= 4 is 11.5 Å². The lowest BCUT2D eigenvalue weighted by atomic mass is 10.1. The highest BCUT2D eigenvalue weighted by atomic mass is 16.4. The van der Waals surface area contributed by atoms with Gasteiger partial charge in [-0.25, -0.2) is 4.98 Å². The Morgan fingerprint density at radius 2 is 2.11 bits per heavy atom. The number of hydrogen-bond donors (Lipinski definition) is 2. The van der Waals surface area contributed by atoms with Crippen molar-refractivity contribution in [2.75, 3.05) is 18.0 Å². The maximum Gasteiger partial charge on any atom is 0.252 e. The van der Waals surface area contributed by atoms with Crippen molar-refractivity contribution in [1.29, 1.82) is 0 Å². The number of oxime groups is 1. The molecule has 1 aromatic heterocycles. The molecule has 0 spiro atoms. The second kappa shape index (κ2) is 4.44. The Labute approximate surface area is 104 Å².